The molecule has 2 amide bonds. The summed E-state index contributed by atoms with van der Waals surface area (Å²) in [5, 5.41) is 22.4. The van der Waals surface area contributed by atoms with Gasteiger partial charge < -0.3 is 34.4 Å². The highest BCUT2D eigenvalue weighted by molar-refractivity contribution is 7.10. The lowest BCUT2D eigenvalue weighted by Gasteiger charge is -2.51. The third-order valence-electron chi connectivity index (χ3n) is 11.1. The summed E-state index contributed by atoms with van der Waals surface area (Å²) in [6.45, 7) is 1.56. The number of thiophene rings is 1. The first-order valence-corrected chi connectivity index (χ1v) is 19.1. The second-order valence-corrected chi connectivity index (χ2v) is 15.9. The largest absolute Gasteiger partial charge is 0.493 e. The lowest BCUT2D eigenvalue weighted by Crippen LogP contribution is -2.69. The highest BCUT2D eigenvalue weighted by Gasteiger charge is 2.57. The molecule has 1 aromatic carbocycles. The van der Waals surface area contributed by atoms with Gasteiger partial charge in [-0.2, -0.15) is 26.3 Å². The Bertz CT molecular complexity index is 1900. The number of carboxylic acids is 1. The molecular weight excluding hydrogens is 768 g/mol. The van der Waals surface area contributed by atoms with E-state index in [2.05, 4.69) is 0 Å². The van der Waals surface area contributed by atoms with Crippen LogP contribution in [0, 0.1) is 5.41 Å². The molecule has 304 valence electrons. The van der Waals surface area contributed by atoms with Crippen LogP contribution in [0.5, 0.6) is 11.5 Å². The Labute approximate surface area is 323 Å². The highest BCUT2D eigenvalue weighted by Crippen LogP contribution is 2.50. The average molecular weight is 812 g/mol. The van der Waals surface area contributed by atoms with Crippen molar-refractivity contribution < 1.29 is 60.4 Å². The SMILES string of the molecule is C/C=C/[C@H]1N(C(=O)C2C(C(F)(F)F)=CC=CN2C)CCC[C@@]1(Oc1csc(C(F)(F)F)c1)C(=O)N1CCC(O)(c2ccccc2OCC2(CC(=O)O)CC2)CC1. The second-order valence-electron chi connectivity index (χ2n) is 15.0. The number of likely N-dealkylation sites (tertiary alicyclic amines) is 2. The summed E-state index contributed by atoms with van der Waals surface area (Å²) in [5.74, 6) is -2.51. The van der Waals surface area contributed by atoms with Crippen LogP contribution >= 0.6 is 11.3 Å². The zero-order chi connectivity index (χ0) is 40.7. The minimum atomic E-state index is -4.87. The van der Waals surface area contributed by atoms with Crippen molar-refractivity contribution in [3.63, 3.8) is 0 Å². The van der Waals surface area contributed by atoms with Crippen molar-refractivity contribution >= 4 is 29.1 Å². The minimum Gasteiger partial charge on any atom is -0.493 e. The van der Waals surface area contributed by atoms with E-state index in [4.69, 9.17) is 9.47 Å². The van der Waals surface area contributed by atoms with Gasteiger partial charge in [0.05, 0.1) is 30.2 Å². The highest BCUT2D eigenvalue weighted by atomic mass is 32.1. The number of rotatable bonds is 11. The summed E-state index contributed by atoms with van der Waals surface area (Å²) >= 11 is 0.355. The average Bonchev–Trinajstić information content (AvgIpc) is 3.72. The van der Waals surface area contributed by atoms with Gasteiger partial charge in [-0.3, -0.25) is 14.4 Å². The zero-order valence-corrected chi connectivity index (χ0v) is 31.6. The topological polar surface area (TPSA) is 120 Å². The normalized spacial score (nSPS) is 24.9. The molecule has 1 unspecified atom stereocenters. The molecule has 6 rings (SSSR count). The number of amides is 2. The quantitative estimate of drug-likeness (QED) is 0.186. The minimum absolute atomic E-state index is 0.00199. The molecule has 1 aromatic heterocycles. The zero-order valence-electron chi connectivity index (χ0n) is 30.7. The van der Waals surface area contributed by atoms with Crippen molar-refractivity contribution in [2.75, 3.05) is 33.3 Å². The van der Waals surface area contributed by atoms with Crippen LogP contribution in [-0.2, 0) is 26.2 Å². The standard InChI is InChI=1S/C39H43F6N3O7S/c1-3-8-29-37(55-25-21-30(56-23-25)39(43,44)45,12-7-18-48(29)33(51)32-27(38(40,41)42)10-6-17-46(32)2)34(52)47-19-15-36(53,16-20-47)26-9-4-5-11-28(26)54-24-35(13-14-35)22-31(49)50/h3-6,8-11,17,21,23,29,32,53H,7,12-16,18-20,22,24H2,1-2H3,(H,49,50)/b8-3+/t29-,32?,37+/m1/s1. The van der Waals surface area contributed by atoms with Crippen LogP contribution in [0.3, 0.4) is 0 Å². The summed E-state index contributed by atoms with van der Waals surface area (Å²) in [7, 11) is 1.32. The molecule has 3 aliphatic heterocycles. The van der Waals surface area contributed by atoms with E-state index in [0.29, 0.717) is 35.5 Å². The summed E-state index contributed by atoms with van der Waals surface area (Å²) < 4.78 is 96.4. The van der Waals surface area contributed by atoms with Gasteiger partial charge in [-0.25, -0.2) is 0 Å². The molecular formula is C39H43F6N3O7S. The molecule has 2 saturated heterocycles. The van der Waals surface area contributed by atoms with Crippen molar-refractivity contribution in [1.29, 1.82) is 0 Å². The number of carbonyl (C=O) groups is 3. The van der Waals surface area contributed by atoms with Crippen LogP contribution in [-0.4, -0.2) is 99.8 Å². The number of carboxylic acid groups (broad SMARTS) is 1. The van der Waals surface area contributed by atoms with Gasteiger partial charge in [0, 0.05) is 55.5 Å². The van der Waals surface area contributed by atoms with Crippen molar-refractivity contribution in [3.8, 4) is 11.5 Å². The molecule has 17 heteroatoms. The smallest absolute Gasteiger partial charge is 0.425 e. The number of nitrogens with zero attached hydrogens (tertiary/aromatic N) is 3. The van der Waals surface area contributed by atoms with Gasteiger partial charge in [0.15, 0.2) is 0 Å². The molecule has 3 atom stereocenters. The Morgan fingerprint density at radius 3 is 2.30 bits per heavy atom. The van der Waals surface area contributed by atoms with Crippen LogP contribution in [0.4, 0.5) is 26.3 Å². The molecule has 3 fully saturated rings. The predicted octanol–water partition coefficient (Wildman–Crippen LogP) is 6.91. The Hall–Kier alpha value is -4.51. The molecule has 0 bridgehead atoms. The Morgan fingerprint density at radius 2 is 1.70 bits per heavy atom. The number of piperidine rings is 2. The van der Waals surface area contributed by atoms with Crippen molar-refractivity contribution in [2.45, 2.75) is 87.5 Å². The Balaban J connectivity index is 1.31. The Kier molecular flexibility index (Phi) is 11.3. The van der Waals surface area contributed by atoms with Crippen LogP contribution in [0.25, 0.3) is 0 Å². The lowest BCUT2D eigenvalue weighted by atomic mass is 9.79. The number of hydrogen-bond acceptors (Lipinski definition) is 8. The third-order valence-corrected chi connectivity index (χ3v) is 12.0. The van der Waals surface area contributed by atoms with Gasteiger partial charge in [0.1, 0.15) is 22.4 Å². The second kappa shape index (κ2) is 15.4. The molecule has 0 spiro atoms. The third kappa shape index (κ3) is 8.29. The van der Waals surface area contributed by atoms with E-state index < -0.39 is 69.3 Å². The van der Waals surface area contributed by atoms with Gasteiger partial charge in [0.2, 0.25) is 5.60 Å². The van der Waals surface area contributed by atoms with Gasteiger partial charge in [-0.05, 0) is 57.4 Å². The van der Waals surface area contributed by atoms with Crippen LogP contribution in [0.15, 0.2) is 71.8 Å². The summed E-state index contributed by atoms with van der Waals surface area (Å²) in [6, 6.07) is 4.42. The van der Waals surface area contributed by atoms with Crippen molar-refractivity contribution in [3.05, 3.63) is 82.2 Å². The molecule has 0 radical (unpaired) electrons. The van der Waals surface area contributed by atoms with Gasteiger partial charge in [-0.15, -0.1) is 11.3 Å². The van der Waals surface area contributed by atoms with E-state index in [9.17, 15) is 50.9 Å². The maximum absolute atomic E-state index is 15.0. The number of halogens is 6. The molecule has 4 heterocycles. The maximum atomic E-state index is 15.0. The molecule has 10 nitrogen and oxygen atoms in total. The monoisotopic (exact) mass is 811 g/mol. The van der Waals surface area contributed by atoms with E-state index in [1.54, 1.807) is 31.2 Å². The Morgan fingerprint density at radius 1 is 1.00 bits per heavy atom. The van der Waals surface area contributed by atoms with Gasteiger partial charge >= 0.3 is 18.3 Å². The van der Waals surface area contributed by atoms with E-state index in [1.807, 2.05) is 0 Å². The fourth-order valence-electron chi connectivity index (χ4n) is 7.95. The van der Waals surface area contributed by atoms with E-state index in [0.717, 1.165) is 27.3 Å². The van der Waals surface area contributed by atoms with Gasteiger partial charge in [-0.1, -0.05) is 36.4 Å². The number of benzene rings is 1. The van der Waals surface area contributed by atoms with Crippen molar-refractivity contribution in [2.24, 2.45) is 5.41 Å². The number of hydrogen-bond donors (Lipinski definition) is 2. The number of ether oxygens (including phenoxy) is 2. The van der Waals surface area contributed by atoms with E-state index in [1.165, 1.54) is 36.4 Å². The number of likely N-dealkylation sites (N-methyl/N-ethyl adjacent to an activating group) is 1. The number of aliphatic hydroxyl groups is 1. The number of alkyl halides is 6. The first-order chi connectivity index (χ1) is 26.3. The number of aliphatic carboxylic acids is 1. The summed E-state index contributed by atoms with van der Waals surface area (Å²) in [4.78, 5) is 43.3. The van der Waals surface area contributed by atoms with E-state index >= 15 is 0 Å². The van der Waals surface area contributed by atoms with Crippen molar-refractivity contribution in [1.82, 2.24) is 14.7 Å². The van der Waals surface area contributed by atoms with Gasteiger partial charge in [0.25, 0.3) is 11.8 Å². The number of allylic oxidation sites excluding steroid dienone is 3. The summed E-state index contributed by atoms with van der Waals surface area (Å²) in [6.07, 6.45) is -1.98. The lowest BCUT2D eigenvalue weighted by molar-refractivity contribution is -0.167. The molecule has 56 heavy (non-hydrogen) atoms. The fraction of sp³-hybridized carbons (Fsp3) is 0.513. The molecule has 4 aliphatic rings. The molecule has 2 N–H and O–H groups in total. The van der Waals surface area contributed by atoms with Crippen LogP contribution < -0.4 is 9.47 Å². The number of carbonyl (C=O) groups excluding carboxylic acids is 2. The molecule has 1 saturated carbocycles. The predicted molar refractivity (Wildman–Crippen MR) is 193 cm³/mol. The van der Waals surface area contributed by atoms with Crippen LogP contribution in [0.2, 0.25) is 0 Å². The maximum Gasteiger partial charge on any atom is 0.425 e. The first-order valence-electron chi connectivity index (χ1n) is 18.2. The fourth-order valence-corrected chi connectivity index (χ4v) is 8.62. The molecule has 2 aromatic rings. The first kappa shape index (κ1) is 41.1. The summed E-state index contributed by atoms with van der Waals surface area (Å²) in [5.41, 5.74) is -4.70. The molecule has 1 aliphatic carbocycles. The van der Waals surface area contributed by atoms with Crippen LogP contribution in [0.1, 0.15) is 62.3 Å². The number of para-hydroxylation sites is 1. The van der Waals surface area contributed by atoms with E-state index in [-0.39, 0.29) is 64.1 Å².